The van der Waals surface area contributed by atoms with Gasteiger partial charge in [-0.2, -0.15) is 13.2 Å². The van der Waals surface area contributed by atoms with Crippen LogP contribution >= 0.6 is 0 Å². The number of halogens is 3. The van der Waals surface area contributed by atoms with Crippen molar-refractivity contribution in [1.29, 1.82) is 0 Å². The van der Waals surface area contributed by atoms with Crippen molar-refractivity contribution in [2.75, 3.05) is 26.2 Å². The first-order chi connectivity index (χ1) is 8.33. The van der Waals surface area contributed by atoms with Gasteiger partial charge in [0.05, 0.1) is 25.4 Å². The standard InChI is InChI=1S/C11H15F3N2O2/c1-15-4-2-3-9(15)10(18)7-16(5-6-17)8-11(12,13)14/h2-4,17H,5-8H2,1H3. The molecule has 0 spiro atoms. The van der Waals surface area contributed by atoms with Crippen LogP contribution in [0.4, 0.5) is 13.2 Å². The van der Waals surface area contributed by atoms with Gasteiger partial charge in [0.1, 0.15) is 0 Å². The second-order valence-corrected chi connectivity index (χ2v) is 3.98. The monoisotopic (exact) mass is 264 g/mol. The zero-order valence-corrected chi connectivity index (χ0v) is 9.94. The van der Waals surface area contributed by atoms with E-state index in [-0.39, 0.29) is 13.1 Å². The summed E-state index contributed by atoms with van der Waals surface area (Å²) in [6, 6.07) is 3.19. The molecule has 0 amide bonds. The zero-order chi connectivity index (χ0) is 13.8. The quantitative estimate of drug-likeness (QED) is 0.782. The van der Waals surface area contributed by atoms with Crippen LogP contribution in [0.25, 0.3) is 0 Å². The third kappa shape index (κ3) is 4.50. The second-order valence-electron chi connectivity index (χ2n) is 3.98. The van der Waals surface area contributed by atoms with Gasteiger partial charge >= 0.3 is 6.18 Å². The van der Waals surface area contributed by atoms with Crippen molar-refractivity contribution in [3.63, 3.8) is 0 Å². The van der Waals surface area contributed by atoms with Gasteiger partial charge in [0.25, 0.3) is 0 Å². The van der Waals surface area contributed by atoms with Crippen LogP contribution in [-0.2, 0) is 7.05 Å². The molecule has 0 unspecified atom stereocenters. The number of hydrogen-bond donors (Lipinski definition) is 1. The summed E-state index contributed by atoms with van der Waals surface area (Å²) in [6.45, 7) is -2.17. The Morgan fingerprint density at radius 2 is 2.17 bits per heavy atom. The van der Waals surface area contributed by atoms with Crippen LogP contribution in [0.15, 0.2) is 18.3 Å². The normalized spacial score (nSPS) is 12.1. The fourth-order valence-electron chi connectivity index (χ4n) is 1.64. The van der Waals surface area contributed by atoms with Crippen molar-refractivity contribution in [3.8, 4) is 0 Å². The number of hydrogen-bond acceptors (Lipinski definition) is 3. The predicted octanol–water partition coefficient (Wildman–Crippen LogP) is 1.06. The number of carbonyl (C=O) groups excluding carboxylic acids is 1. The Kier molecular flexibility index (Phi) is 4.92. The Morgan fingerprint density at radius 3 is 2.61 bits per heavy atom. The van der Waals surface area contributed by atoms with Gasteiger partial charge < -0.3 is 9.67 Å². The maximum atomic E-state index is 12.3. The molecule has 7 heteroatoms. The van der Waals surface area contributed by atoms with E-state index in [4.69, 9.17) is 5.11 Å². The van der Waals surface area contributed by atoms with Crippen LogP contribution in [0.2, 0.25) is 0 Å². The summed E-state index contributed by atoms with van der Waals surface area (Å²) < 4.78 is 38.3. The van der Waals surface area contributed by atoms with Crippen LogP contribution in [0.5, 0.6) is 0 Å². The number of aryl methyl sites for hydroxylation is 1. The third-order valence-electron chi connectivity index (χ3n) is 2.42. The molecule has 1 heterocycles. The Bertz CT molecular complexity index is 401. The topological polar surface area (TPSA) is 45.5 Å². The molecule has 0 aliphatic carbocycles. The maximum absolute atomic E-state index is 12.3. The number of carbonyl (C=O) groups is 1. The molecule has 0 aromatic carbocycles. The lowest BCUT2D eigenvalue weighted by Gasteiger charge is -2.21. The van der Waals surface area contributed by atoms with Gasteiger partial charge in [-0.15, -0.1) is 0 Å². The van der Waals surface area contributed by atoms with E-state index in [1.807, 2.05) is 0 Å². The van der Waals surface area contributed by atoms with E-state index < -0.39 is 25.1 Å². The minimum Gasteiger partial charge on any atom is -0.395 e. The third-order valence-corrected chi connectivity index (χ3v) is 2.42. The highest BCUT2D eigenvalue weighted by Gasteiger charge is 2.31. The van der Waals surface area contributed by atoms with Crippen molar-refractivity contribution < 1.29 is 23.1 Å². The summed E-state index contributed by atoms with van der Waals surface area (Å²) in [5.74, 6) is -0.403. The van der Waals surface area contributed by atoms with Gasteiger partial charge in [0.15, 0.2) is 5.78 Å². The molecule has 0 aliphatic heterocycles. The minimum atomic E-state index is -4.39. The van der Waals surface area contributed by atoms with Crippen LogP contribution in [0.1, 0.15) is 10.5 Å². The van der Waals surface area contributed by atoms with E-state index in [0.717, 1.165) is 4.90 Å². The lowest BCUT2D eigenvalue weighted by molar-refractivity contribution is -0.145. The molecule has 0 radical (unpaired) electrons. The molecule has 1 N–H and O–H groups in total. The number of aromatic nitrogens is 1. The molecule has 0 fully saturated rings. The van der Waals surface area contributed by atoms with E-state index in [9.17, 15) is 18.0 Å². The van der Waals surface area contributed by atoms with E-state index in [1.165, 1.54) is 0 Å². The van der Waals surface area contributed by atoms with Crippen LogP contribution in [0.3, 0.4) is 0 Å². The summed E-state index contributed by atoms with van der Waals surface area (Å²) >= 11 is 0. The van der Waals surface area contributed by atoms with Crippen molar-refractivity contribution in [3.05, 3.63) is 24.0 Å². The smallest absolute Gasteiger partial charge is 0.395 e. The summed E-state index contributed by atoms with van der Waals surface area (Å²) in [6.07, 6.45) is -2.74. The van der Waals surface area contributed by atoms with Crippen molar-refractivity contribution in [2.24, 2.45) is 7.05 Å². The number of rotatable bonds is 6. The zero-order valence-electron chi connectivity index (χ0n) is 9.94. The molecule has 0 aliphatic rings. The SMILES string of the molecule is Cn1cccc1C(=O)CN(CCO)CC(F)(F)F. The molecule has 4 nitrogen and oxygen atoms in total. The first-order valence-corrected chi connectivity index (χ1v) is 5.38. The van der Waals surface area contributed by atoms with E-state index in [0.29, 0.717) is 5.69 Å². The lowest BCUT2D eigenvalue weighted by atomic mass is 10.2. The van der Waals surface area contributed by atoms with Gasteiger partial charge in [-0.05, 0) is 12.1 Å². The first kappa shape index (κ1) is 14.7. The Balaban J connectivity index is 2.66. The minimum absolute atomic E-state index is 0.185. The maximum Gasteiger partial charge on any atom is 0.401 e. The Hall–Kier alpha value is -1.34. The molecule has 1 aromatic rings. The number of aliphatic hydroxyl groups excluding tert-OH is 1. The molecule has 0 atom stereocenters. The van der Waals surface area contributed by atoms with Gasteiger partial charge in [-0.25, -0.2) is 0 Å². The van der Waals surface area contributed by atoms with Gasteiger partial charge in [-0.3, -0.25) is 9.69 Å². The highest BCUT2D eigenvalue weighted by atomic mass is 19.4. The van der Waals surface area contributed by atoms with Crippen molar-refractivity contribution in [2.45, 2.75) is 6.18 Å². The highest BCUT2D eigenvalue weighted by molar-refractivity contribution is 5.96. The average Bonchev–Trinajstić information content (AvgIpc) is 2.62. The molecule has 0 saturated heterocycles. The molecule has 18 heavy (non-hydrogen) atoms. The highest BCUT2D eigenvalue weighted by Crippen LogP contribution is 2.16. The largest absolute Gasteiger partial charge is 0.401 e. The summed E-state index contributed by atoms with van der Waals surface area (Å²) in [7, 11) is 1.65. The van der Waals surface area contributed by atoms with Gasteiger partial charge in [0, 0.05) is 19.8 Å². The van der Waals surface area contributed by atoms with E-state index in [2.05, 4.69) is 0 Å². The average molecular weight is 264 g/mol. The molecule has 102 valence electrons. The Morgan fingerprint density at radius 1 is 1.50 bits per heavy atom. The fraction of sp³-hybridized carbons (Fsp3) is 0.545. The molecular formula is C11H15F3N2O2. The number of aliphatic hydroxyl groups is 1. The molecule has 1 rings (SSSR count). The number of alkyl halides is 3. The number of ketones is 1. The van der Waals surface area contributed by atoms with Crippen LogP contribution < -0.4 is 0 Å². The van der Waals surface area contributed by atoms with Gasteiger partial charge in [-0.1, -0.05) is 0 Å². The number of nitrogens with zero attached hydrogens (tertiary/aromatic N) is 2. The van der Waals surface area contributed by atoms with Gasteiger partial charge in [0.2, 0.25) is 0 Å². The Labute approximate surface area is 103 Å². The molecule has 0 bridgehead atoms. The predicted molar refractivity (Wildman–Crippen MR) is 59.3 cm³/mol. The van der Waals surface area contributed by atoms with Crippen LogP contribution in [-0.4, -0.2) is 52.8 Å². The molecular weight excluding hydrogens is 249 g/mol. The fourth-order valence-corrected chi connectivity index (χ4v) is 1.64. The van der Waals surface area contributed by atoms with Crippen molar-refractivity contribution >= 4 is 5.78 Å². The number of Topliss-reactive ketones (excluding diaryl/α,β-unsaturated/α-hetero) is 1. The van der Waals surface area contributed by atoms with E-state index in [1.54, 1.807) is 29.9 Å². The second kappa shape index (κ2) is 6.01. The summed E-state index contributed by atoms with van der Waals surface area (Å²) in [5, 5.41) is 8.71. The lowest BCUT2D eigenvalue weighted by Crippen LogP contribution is -2.39. The summed E-state index contributed by atoms with van der Waals surface area (Å²) in [4.78, 5) is 12.7. The first-order valence-electron chi connectivity index (χ1n) is 5.38. The molecule has 0 saturated carbocycles. The van der Waals surface area contributed by atoms with E-state index >= 15 is 0 Å². The van der Waals surface area contributed by atoms with Crippen molar-refractivity contribution in [1.82, 2.24) is 9.47 Å². The summed E-state index contributed by atoms with van der Waals surface area (Å²) in [5.41, 5.74) is 0.347. The van der Waals surface area contributed by atoms with Crippen LogP contribution in [0, 0.1) is 0 Å². The molecule has 1 aromatic heterocycles.